The average molecular weight is 214 g/mol. The van der Waals surface area contributed by atoms with Gasteiger partial charge in [0.05, 0.1) is 0 Å². The van der Waals surface area contributed by atoms with Crippen molar-refractivity contribution in [1.29, 1.82) is 0 Å². The summed E-state index contributed by atoms with van der Waals surface area (Å²) < 4.78 is 0. The molecule has 1 N–H and O–H groups in total. The van der Waals surface area contributed by atoms with Crippen molar-refractivity contribution in [3.8, 4) is 0 Å². The van der Waals surface area contributed by atoms with Gasteiger partial charge in [0.15, 0.2) is 0 Å². The molecule has 0 fully saturated rings. The van der Waals surface area contributed by atoms with Crippen LogP contribution < -0.4 is 5.32 Å². The minimum absolute atomic E-state index is 0.716. The van der Waals surface area contributed by atoms with Crippen LogP contribution in [0.5, 0.6) is 0 Å². The maximum absolute atomic E-state index is 3.52. The van der Waals surface area contributed by atoms with E-state index in [1.807, 2.05) is 0 Å². The Balaban J connectivity index is 3.62. The smallest absolute Gasteiger partial charge is 0.0214 e. The molecular formula is C13H30N2. The molecule has 0 amide bonds. The summed E-state index contributed by atoms with van der Waals surface area (Å²) in [5.74, 6) is 0. The number of nitrogens with one attached hydrogen (secondary N) is 1. The summed E-state index contributed by atoms with van der Waals surface area (Å²) in [5.41, 5.74) is 0. The van der Waals surface area contributed by atoms with Gasteiger partial charge in [0.1, 0.15) is 0 Å². The highest BCUT2D eigenvalue weighted by Gasteiger charge is 2.10. The Hall–Kier alpha value is -0.0800. The summed E-state index contributed by atoms with van der Waals surface area (Å²) in [5, 5.41) is 3.52. The largest absolute Gasteiger partial charge is 0.315 e. The standard InChI is InChI=1S/C13H30N2/c1-5-8-9-11-15(4)13(7-3)12-14-10-6-2/h13-14H,5-12H2,1-4H3. The first-order chi connectivity index (χ1) is 7.26. The Labute approximate surface area is 96.4 Å². The lowest BCUT2D eigenvalue weighted by Crippen LogP contribution is -2.40. The number of likely N-dealkylation sites (N-methyl/N-ethyl adjacent to an activating group) is 1. The van der Waals surface area contributed by atoms with Gasteiger partial charge in [-0.25, -0.2) is 0 Å². The van der Waals surface area contributed by atoms with Crippen LogP contribution in [0.3, 0.4) is 0 Å². The Morgan fingerprint density at radius 1 is 1.07 bits per heavy atom. The van der Waals surface area contributed by atoms with E-state index >= 15 is 0 Å². The fourth-order valence-corrected chi connectivity index (χ4v) is 1.85. The molecule has 0 rings (SSSR count). The van der Waals surface area contributed by atoms with E-state index in [1.165, 1.54) is 38.6 Å². The predicted molar refractivity (Wildman–Crippen MR) is 69.4 cm³/mol. The second-order valence-electron chi connectivity index (χ2n) is 4.45. The minimum Gasteiger partial charge on any atom is -0.315 e. The second-order valence-corrected chi connectivity index (χ2v) is 4.45. The molecular weight excluding hydrogens is 184 g/mol. The van der Waals surface area contributed by atoms with Gasteiger partial charge in [-0.05, 0) is 39.4 Å². The first-order valence-corrected chi connectivity index (χ1v) is 6.67. The molecule has 0 saturated carbocycles. The van der Waals surface area contributed by atoms with Gasteiger partial charge in [-0.3, -0.25) is 0 Å². The van der Waals surface area contributed by atoms with Crippen molar-refractivity contribution >= 4 is 0 Å². The van der Waals surface area contributed by atoms with E-state index in [1.54, 1.807) is 0 Å². The van der Waals surface area contributed by atoms with Crippen LogP contribution in [0.25, 0.3) is 0 Å². The highest BCUT2D eigenvalue weighted by molar-refractivity contribution is 4.69. The zero-order chi connectivity index (χ0) is 11.5. The molecule has 0 aromatic carbocycles. The van der Waals surface area contributed by atoms with E-state index < -0.39 is 0 Å². The number of hydrogen-bond acceptors (Lipinski definition) is 2. The van der Waals surface area contributed by atoms with E-state index in [0.717, 1.165) is 13.1 Å². The Bertz CT molecular complexity index is 126. The molecule has 0 saturated heterocycles. The molecule has 92 valence electrons. The molecule has 0 heterocycles. The second kappa shape index (κ2) is 10.4. The van der Waals surface area contributed by atoms with Gasteiger partial charge in [0.2, 0.25) is 0 Å². The molecule has 1 atom stereocenters. The Morgan fingerprint density at radius 2 is 1.80 bits per heavy atom. The normalized spacial score (nSPS) is 13.4. The SMILES string of the molecule is CCCCCN(C)C(CC)CNCCC. The topological polar surface area (TPSA) is 15.3 Å². The molecule has 0 spiro atoms. The van der Waals surface area contributed by atoms with Crippen LogP contribution in [0.1, 0.15) is 52.9 Å². The summed E-state index contributed by atoms with van der Waals surface area (Å²) in [4.78, 5) is 2.51. The van der Waals surface area contributed by atoms with Crippen LogP contribution in [-0.2, 0) is 0 Å². The molecule has 0 bridgehead atoms. The summed E-state index contributed by atoms with van der Waals surface area (Å²) in [6, 6.07) is 0.716. The van der Waals surface area contributed by atoms with E-state index in [9.17, 15) is 0 Å². The van der Waals surface area contributed by atoms with E-state index in [-0.39, 0.29) is 0 Å². The molecule has 0 aliphatic heterocycles. The van der Waals surface area contributed by atoms with Crippen molar-refractivity contribution < 1.29 is 0 Å². The first kappa shape index (κ1) is 14.9. The zero-order valence-electron chi connectivity index (χ0n) is 11.2. The molecule has 1 unspecified atom stereocenters. The molecule has 0 aromatic heterocycles. The molecule has 0 radical (unpaired) electrons. The van der Waals surface area contributed by atoms with Crippen molar-refractivity contribution in [3.63, 3.8) is 0 Å². The quantitative estimate of drug-likeness (QED) is 0.563. The first-order valence-electron chi connectivity index (χ1n) is 6.67. The van der Waals surface area contributed by atoms with Gasteiger partial charge in [0, 0.05) is 12.6 Å². The van der Waals surface area contributed by atoms with Gasteiger partial charge in [-0.1, -0.05) is 33.6 Å². The fourth-order valence-electron chi connectivity index (χ4n) is 1.85. The van der Waals surface area contributed by atoms with Crippen LogP contribution in [-0.4, -0.2) is 37.6 Å². The third-order valence-corrected chi connectivity index (χ3v) is 3.02. The average Bonchev–Trinajstić information content (AvgIpc) is 2.24. The van der Waals surface area contributed by atoms with Gasteiger partial charge in [-0.2, -0.15) is 0 Å². The summed E-state index contributed by atoms with van der Waals surface area (Å²) in [6.07, 6.45) is 6.51. The molecule has 0 aliphatic carbocycles. The summed E-state index contributed by atoms with van der Waals surface area (Å²) in [7, 11) is 2.26. The monoisotopic (exact) mass is 214 g/mol. The molecule has 15 heavy (non-hydrogen) atoms. The lowest BCUT2D eigenvalue weighted by Gasteiger charge is -2.27. The maximum Gasteiger partial charge on any atom is 0.0214 e. The van der Waals surface area contributed by atoms with Crippen LogP contribution in [0.15, 0.2) is 0 Å². The van der Waals surface area contributed by atoms with E-state index in [4.69, 9.17) is 0 Å². The predicted octanol–water partition coefficient (Wildman–Crippen LogP) is 2.89. The van der Waals surface area contributed by atoms with Crippen LogP contribution in [0.4, 0.5) is 0 Å². The number of nitrogens with zero attached hydrogens (tertiary/aromatic N) is 1. The van der Waals surface area contributed by atoms with Crippen molar-refractivity contribution in [1.82, 2.24) is 10.2 Å². The van der Waals surface area contributed by atoms with Gasteiger partial charge < -0.3 is 10.2 Å². The highest BCUT2D eigenvalue weighted by Crippen LogP contribution is 2.03. The summed E-state index contributed by atoms with van der Waals surface area (Å²) in [6.45, 7) is 10.3. The van der Waals surface area contributed by atoms with Gasteiger partial charge in [0.25, 0.3) is 0 Å². The molecule has 2 heteroatoms. The van der Waals surface area contributed by atoms with Gasteiger partial charge >= 0.3 is 0 Å². The van der Waals surface area contributed by atoms with Crippen molar-refractivity contribution in [3.05, 3.63) is 0 Å². The van der Waals surface area contributed by atoms with Crippen LogP contribution >= 0.6 is 0 Å². The number of rotatable bonds is 10. The van der Waals surface area contributed by atoms with E-state index in [0.29, 0.717) is 6.04 Å². The Morgan fingerprint density at radius 3 is 2.33 bits per heavy atom. The van der Waals surface area contributed by atoms with Gasteiger partial charge in [-0.15, -0.1) is 0 Å². The zero-order valence-corrected chi connectivity index (χ0v) is 11.2. The number of unbranched alkanes of at least 4 members (excludes halogenated alkanes) is 2. The highest BCUT2D eigenvalue weighted by atomic mass is 15.1. The third kappa shape index (κ3) is 7.80. The van der Waals surface area contributed by atoms with Crippen LogP contribution in [0.2, 0.25) is 0 Å². The van der Waals surface area contributed by atoms with Crippen molar-refractivity contribution in [2.24, 2.45) is 0 Å². The fraction of sp³-hybridized carbons (Fsp3) is 1.00. The molecule has 2 nitrogen and oxygen atoms in total. The van der Waals surface area contributed by atoms with Crippen LogP contribution in [0, 0.1) is 0 Å². The summed E-state index contributed by atoms with van der Waals surface area (Å²) >= 11 is 0. The minimum atomic E-state index is 0.716. The maximum atomic E-state index is 3.52. The van der Waals surface area contributed by atoms with Crippen molar-refractivity contribution in [2.75, 3.05) is 26.7 Å². The Kier molecular flexibility index (Phi) is 10.4. The third-order valence-electron chi connectivity index (χ3n) is 3.02. The lowest BCUT2D eigenvalue weighted by molar-refractivity contribution is 0.225. The van der Waals surface area contributed by atoms with Crippen molar-refractivity contribution in [2.45, 2.75) is 58.9 Å². The lowest BCUT2D eigenvalue weighted by atomic mass is 10.1. The van der Waals surface area contributed by atoms with E-state index in [2.05, 4.69) is 38.0 Å². The molecule has 0 aliphatic rings. The number of hydrogen-bond donors (Lipinski definition) is 1. The molecule has 0 aromatic rings.